The summed E-state index contributed by atoms with van der Waals surface area (Å²) in [5.74, 6) is 0.0123. The van der Waals surface area contributed by atoms with Crippen LogP contribution in [-0.2, 0) is 26.2 Å². The number of anilines is 1. The van der Waals surface area contributed by atoms with E-state index in [4.69, 9.17) is 9.47 Å². The van der Waals surface area contributed by atoms with Crippen LogP contribution in [0.25, 0.3) is 0 Å². The second-order valence-corrected chi connectivity index (χ2v) is 12.4. The van der Waals surface area contributed by atoms with Crippen LogP contribution in [0.3, 0.4) is 0 Å². The molecule has 0 aliphatic heterocycles. The Balaban J connectivity index is 1.72. The van der Waals surface area contributed by atoms with Gasteiger partial charge in [-0.1, -0.05) is 54.8 Å². The molecule has 4 rings (SSSR count). The third kappa shape index (κ3) is 7.23. The van der Waals surface area contributed by atoms with Gasteiger partial charge in [-0.3, -0.25) is 13.9 Å². The number of nitrogens with one attached hydrogen (secondary N) is 1. The largest absolute Gasteiger partial charge is 0.497 e. The van der Waals surface area contributed by atoms with Crippen LogP contribution < -0.4 is 19.1 Å². The molecule has 224 valence electrons. The molecule has 1 saturated carbocycles. The molecule has 1 atom stereocenters. The van der Waals surface area contributed by atoms with Gasteiger partial charge in [-0.05, 0) is 68.7 Å². The minimum atomic E-state index is -4.23. The number of carbonyl (C=O) groups excluding carboxylic acids is 2. The zero-order chi connectivity index (χ0) is 30.3. The highest BCUT2D eigenvalue weighted by Gasteiger charge is 2.34. The summed E-state index contributed by atoms with van der Waals surface area (Å²) in [7, 11) is -1.30. The number of ether oxygens (including phenoxy) is 2. The molecule has 0 heterocycles. The van der Waals surface area contributed by atoms with Gasteiger partial charge in [0.1, 0.15) is 24.1 Å². The molecule has 1 aliphatic rings. The first kappa shape index (κ1) is 30.9. The van der Waals surface area contributed by atoms with Crippen LogP contribution in [0.15, 0.2) is 77.7 Å². The molecule has 0 saturated heterocycles. The maximum absolute atomic E-state index is 14.2. The summed E-state index contributed by atoms with van der Waals surface area (Å²) in [6, 6.07) is 19.5. The second kappa shape index (κ2) is 13.7. The van der Waals surface area contributed by atoms with Crippen molar-refractivity contribution in [1.82, 2.24) is 10.2 Å². The van der Waals surface area contributed by atoms with Gasteiger partial charge in [-0.2, -0.15) is 0 Å². The topological polar surface area (TPSA) is 105 Å². The van der Waals surface area contributed by atoms with E-state index in [0.29, 0.717) is 11.5 Å². The van der Waals surface area contributed by atoms with Crippen LogP contribution in [0, 0.1) is 6.92 Å². The van der Waals surface area contributed by atoms with Crippen molar-refractivity contribution in [3.63, 3.8) is 0 Å². The van der Waals surface area contributed by atoms with Crippen molar-refractivity contribution in [2.75, 3.05) is 25.1 Å². The summed E-state index contributed by atoms with van der Waals surface area (Å²) in [4.78, 5) is 29.0. The summed E-state index contributed by atoms with van der Waals surface area (Å²) >= 11 is 0. The molecule has 9 nitrogen and oxygen atoms in total. The number of aryl methyl sites for hydroxylation is 1. The van der Waals surface area contributed by atoms with Gasteiger partial charge in [0.2, 0.25) is 11.8 Å². The fraction of sp³-hybridized carbons (Fsp3) is 0.375. The van der Waals surface area contributed by atoms with E-state index in [1.165, 1.54) is 31.3 Å². The molecule has 42 heavy (non-hydrogen) atoms. The average molecular weight is 594 g/mol. The molecule has 0 bridgehead atoms. The minimum Gasteiger partial charge on any atom is -0.497 e. The number of para-hydroxylation sites is 2. The molecule has 1 fully saturated rings. The molecule has 0 aromatic heterocycles. The van der Waals surface area contributed by atoms with Crippen LogP contribution in [0.2, 0.25) is 0 Å². The van der Waals surface area contributed by atoms with Gasteiger partial charge in [0.15, 0.2) is 0 Å². The van der Waals surface area contributed by atoms with Crippen LogP contribution in [0.5, 0.6) is 11.5 Å². The fourth-order valence-corrected chi connectivity index (χ4v) is 6.63. The molecule has 10 heteroatoms. The van der Waals surface area contributed by atoms with Crippen molar-refractivity contribution < 1.29 is 27.5 Å². The zero-order valence-corrected chi connectivity index (χ0v) is 25.4. The van der Waals surface area contributed by atoms with Crippen molar-refractivity contribution >= 4 is 27.5 Å². The van der Waals surface area contributed by atoms with Gasteiger partial charge >= 0.3 is 0 Å². The highest BCUT2D eigenvalue weighted by atomic mass is 32.2. The Labute approximate surface area is 248 Å². The lowest BCUT2D eigenvalue weighted by Crippen LogP contribution is -2.52. The number of nitrogens with zero attached hydrogens (tertiary/aromatic N) is 2. The van der Waals surface area contributed by atoms with Gasteiger partial charge in [0, 0.05) is 12.6 Å². The molecule has 0 spiro atoms. The van der Waals surface area contributed by atoms with Crippen molar-refractivity contribution in [2.45, 2.75) is 63.1 Å². The number of amides is 2. The Morgan fingerprint density at radius 1 is 0.952 bits per heavy atom. The predicted molar refractivity (Wildman–Crippen MR) is 162 cm³/mol. The number of sulfonamides is 1. The van der Waals surface area contributed by atoms with E-state index in [-0.39, 0.29) is 29.1 Å². The van der Waals surface area contributed by atoms with E-state index in [1.54, 1.807) is 43.3 Å². The van der Waals surface area contributed by atoms with E-state index < -0.39 is 28.5 Å². The standard InChI is InChI=1S/C32H39N3O6S/c1-23-10-9-11-25(20-23)21-34(24(2)32(37)33-26-12-5-6-13-26)31(36)22-35(29-14-7-8-15-30(29)41-4)42(38,39)28-18-16-27(40-3)17-19-28/h7-11,14-20,24,26H,5-6,12-13,21-22H2,1-4H3,(H,33,37). The Morgan fingerprint density at radius 3 is 2.29 bits per heavy atom. The normalized spacial score (nSPS) is 14.2. The van der Waals surface area contributed by atoms with Crippen LogP contribution in [-0.4, -0.2) is 58.0 Å². The van der Waals surface area contributed by atoms with E-state index in [2.05, 4.69) is 5.32 Å². The third-order valence-corrected chi connectivity index (χ3v) is 9.36. The number of benzene rings is 3. The molecule has 2 amide bonds. The molecule has 1 N–H and O–H groups in total. The molecule has 3 aromatic carbocycles. The molecular weight excluding hydrogens is 554 g/mol. The minimum absolute atomic E-state index is 0.0146. The lowest BCUT2D eigenvalue weighted by atomic mass is 10.1. The first-order valence-corrected chi connectivity index (χ1v) is 15.5. The predicted octanol–water partition coefficient (Wildman–Crippen LogP) is 4.68. The number of rotatable bonds is 12. The van der Waals surface area contributed by atoms with Crippen molar-refractivity contribution in [2.24, 2.45) is 0 Å². The van der Waals surface area contributed by atoms with Crippen molar-refractivity contribution in [3.8, 4) is 11.5 Å². The third-order valence-electron chi connectivity index (χ3n) is 7.58. The van der Waals surface area contributed by atoms with Gasteiger partial charge in [-0.25, -0.2) is 8.42 Å². The lowest BCUT2D eigenvalue weighted by molar-refractivity contribution is -0.139. The summed E-state index contributed by atoms with van der Waals surface area (Å²) in [5.41, 5.74) is 2.06. The number of hydrogen-bond acceptors (Lipinski definition) is 6. The Hall–Kier alpha value is -4.05. The first-order chi connectivity index (χ1) is 20.1. The fourth-order valence-electron chi connectivity index (χ4n) is 5.21. The molecule has 3 aromatic rings. The second-order valence-electron chi connectivity index (χ2n) is 10.5. The van der Waals surface area contributed by atoms with Crippen molar-refractivity contribution in [1.29, 1.82) is 0 Å². The average Bonchev–Trinajstić information content (AvgIpc) is 3.51. The van der Waals surface area contributed by atoms with Crippen LogP contribution in [0.4, 0.5) is 5.69 Å². The Morgan fingerprint density at radius 2 is 1.64 bits per heavy atom. The summed E-state index contributed by atoms with van der Waals surface area (Å²) in [6.45, 7) is 3.24. The van der Waals surface area contributed by atoms with Crippen LogP contribution >= 0.6 is 0 Å². The number of hydrogen-bond donors (Lipinski definition) is 1. The molecule has 1 aliphatic carbocycles. The van der Waals surface area contributed by atoms with Crippen LogP contribution in [0.1, 0.15) is 43.7 Å². The maximum Gasteiger partial charge on any atom is 0.264 e. The van der Waals surface area contributed by atoms with E-state index >= 15 is 0 Å². The van der Waals surface area contributed by atoms with Gasteiger partial charge in [-0.15, -0.1) is 0 Å². The highest BCUT2D eigenvalue weighted by Crippen LogP contribution is 2.33. The molecule has 1 unspecified atom stereocenters. The van der Waals surface area contributed by atoms with Gasteiger partial charge in [0.25, 0.3) is 10.0 Å². The Bertz CT molecular complexity index is 1490. The first-order valence-electron chi connectivity index (χ1n) is 14.1. The smallest absolute Gasteiger partial charge is 0.264 e. The van der Waals surface area contributed by atoms with E-state index in [9.17, 15) is 18.0 Å². The number of methoxy groups -OCH3 is 2. The molecule has 0 radical (unpaired) electrons. The summed E-state index contributed by atoms with van der Waals surface area (Å²) in [5, 5.41) is 3.08. The quantitative estimate of drug-likeness (QED) is 0.327. The summed E-state index contributed by atoms with van der Waals surface area (Å²) < 4.78 is 39.9. The van der Waals surface area contributed by atoms with Gasteiger partial charge in [0.05, 0.1) is 24.8 Å². The van der Waals surface area contributed by atoms with E-state index in [0.717, 1.165) is 41.1 Å². The lowest BCUT2D eigenvalue weighted by Gasteiger charge is -2.33. The van der Waals surface area contributed by atoms with E-state index in [1.807, 2.05) is 31.2 Å². The number of carbonyl (C=O) groups is 2. The summed E-state index contributed by atoms with van der Waals surface area (Å²) in [6.07, 6.45) is 3.93. The zero-order valence-electron chi connectivity index (χ0n) is 24.6. The monoisotopic (exact) mass is 593 g/mol. The van der Waals surface area contributed by atoms with Crippen molar-refractivity contribution in [3.05, 3.63) is 83.9 Å². The molecular formula is C32H39N3O6S. The van der Waals surface area contributed by atoms with Gasteiger partial charge < -0.3 is 19.7 Å². The maximum atomic E-state index is 14.2. The SMILES string of the molecule is COc1ccc(S(=O)(=O)N(CC(=O)N(Cc2cccc(C)c2)C(C)C(=O)NC2CCCC2)c2ccccc2OC)cc1. The highest BCUT2D eigenvalue weighted by molar-refractivity contribution is 7.92. The Kier molecular flexibility index (Phi) is 10.1.